The topological polar surface area (TPSA) is 23.6 Å². The lowest BCUT2D eigenvalue weighted by Crippen LogP contribution is -2.38. The van der Waals surface area contributed by atoms with Gasteiger partial charge in [0.1, 0.15) is 0 Å². The Hall–Kier alpha value is -0.870. The van der Waals surface area contributed by atoms with Crippen molar-refractivity contribution in [3.05, 3.63) is 17.0 Å². The Bertz CT molecular complexity index is 377. The predicted molar refractivity (Wildman–Crippen MR) is 73.2 cm³/mol. The van der Waals surface area contributed by atoms with Crippen molar-refractivity contribution in [1.29, 1.82) is 0 Å². The molecule has 2 rings (SSSR count). The van der Waals surface area contributed by atoms with Gasteiger partial charge in [0.2, 0.25) is 0 Å². The summed E-state index contributed by atoms with van der Waals surface area (Å²) in [7, 11) is 2.12. The summed E-state index contributed by atoms with van der Waals surface area (Å²) in [6.07, 6.45) is 3.54. The van der Waals surface area contributed by atoms with Crippen LogP contribution in [-0.2, 0) is 0 Å². The molecule has 1 aromatic rings. The number of nitrogens with zero attached hydrogens (tertiary/aromatic N) is 2. The van der Waals surface area contributed by atoms with Gasteiger partial charge < -0.3 is 4.90 Å². The highest BCUT2D eigenvalue weighted by molar-refractivity contribution is 7.17. The van der Waals surface area contributed by atoms with Crippen LogP contribution in [0.15, 0.2) is 12.1 Å². The van der Waals surface area contributed by atoms with Gasteiger partial charge in [0.15, 0.2) is 6.29 Å². The first-order valence-corrected chi connectivity index (χ1v) is 7.06. The van der Waals surface area contributed by atoms with Crippen LogP contribution in [0, 0.1) is 0 Å². The molecule has 0 N–H and O–H groups in total. The minimum atomic E-state index is 0.673. The van der Waals surface area contributed by atoms with Gasteiger partial charge in [0.05, 0.1) is 9.88 Å². The second kappa shape index (κ2) is 5.65. The van der Waals surface area contributed by atoms with Crippen molar-refractivity contribution in [3.63, 3.8) is 0 Å². The first-order valence-electron chi connectivity index (χ1n) is 6.24. The minimum Gasteiger partial charge on any atom is -0.365 e. The summed E-state index contributed by atoms with van der Waals surface area (Å²) in [5, 5.41) is 1.19. The van der Waals surface area contributed by atoms with Gasteiger partial charge in [-0.05, 0) is 38.1 Å². The van der Waals surface area contributed by atoms with Crippen molar-refractivity contribution in [2.24, 2.45) is 0 Å². The number of rotatable bonds is 5. The number of likely N-dealkylation sites (tertiary alicyclic amines) is 1. The summed E-state index contributed by atoms with van der Waals surface area (Å²) in [6.45, 7) is 5.67. The van der Waals surface area contributed by atoms with Gasteiger partial charge in [-0.25, -0.2) is 0 Å². The average Bonchev–Trinajstić information content (AvgIpc) is 2.96. The van der Waals surface area contributed by atoms with Crippen LogP contribution in [0.1, 0.15) is 29.4 Å². The number of carbonyl (C=O) groups is 1. The molecule has 0 spiro atoms. The van der Waals surface area contributed by atoms with E-state index in [1.54, 1.807) is 11.3 Å². The fraction of sp³-hybridized carbons (Fsp3) is 0.615. The molecule has 1 unspecified atom stereocenters. The third kappa shape index (κ3) is 2.87. The smallest absolute Gasteiger partial charge is 0.160 e. The minimum absolute atomic E-state index is 0.673. The summed E-state index contributed by atoms with van der Waals surface area (Å²) >= 11 is 1.57. The lowest BCUT2D eigenvalue weighted by atomic mass is 10.2. The van der Waals surface area contributed by atoms with Crippen LogP contribution in [-0.4, -0.2) is 43.9 Å². The summed E-state index contributed by atoms with van der Waals surface area (Å²) in [6, 6.07) is 4.61. The summed E-state index contributed by atoms with van der Waals surface area (Å²) in [5.74, 6) is 0. The van der Waals surface area contributed by atoms with E-state index < -0.39 is 0 Å². The van der Waals surface area contributed by atoms with E-state index in [-0.39, 0.29) is 0 Å². The quantitative estimate of drug-likeness (QED) is 0.752. The highest BCUT2D eigenvalue weighted by atomic mass is 32.1. The Morgan fingerprint density at radius 3 is 3.06 bits per heavy atom. The van der Waals surface area contributed by atoms with Crippen LogP contribution in [0.5, 0.6) is 0 Å². The molecule has 1 fully saturated rings. The van der Waals surface area contributed by atoms with E-state index in [2.05, 4.69) is 23.8 Å². The zero-order valence-electron chi connectivity index (χ0n) is 10.6. The monoisotopic (exact) mass is 252 g/mol. The number of hydrogen-bond acceptors (Lipinski definition) is 4. The van der Waals surface area contributed by atoms with Crippen LogP contribution in [0.4, 0.5) is 5.00 Å². The fourth-order valence-corrected chi connectivity index (χ4v) is 3.33. The maximum atomic E-state index is 10.7. The van der Waals surface area contributed by atoms with Crippen LogP contribution in [0.3, 0.4) is 0 Å². The number of anilines is 1. The van der Waals surface area contributed by atoms with Gasteiger partial charge in [-0.3, -0.25) is 9.69 Å². The van der Waals surface area contributed by atoms with Gasteiger partial charge in [-0.1, -0.05) is 6.92 Å². The van der Waals surface area contributed by atoms with Crippen LogP contribution in [0.25, 0.3) is 0 Å². The standard InChI is InChI=1S/C13H20N2OS/c1-3-15-8-4-5-11(15)9-14(2)13-7-6-12(10-16)17-13/h6-7,10-11H,3-5,8-9H2,1-2H3. The maximum absolute atomic E-state index is 10.7. The number of carbonyl (C=O) groups excluding carboxylic acids is 1. The van der Waals surface area contributed by atoms with Crippen LogP contribution >= 0.6 is 11.3 Å². The molecule has 0 amide bonds. The molecule has 1 aliphatic rings. The molecule has 0 aromatic carbocycles. The molecule has 94 valence electrons. The maximum Gasteiger partial charge on any atom is 0.160 e. The lowest BCUT2D eigenvalue weighted by Gasteiger charge is -2.28. The van der Waals surface area contributed by atoms with Gasteiger partial charge in [0, 0.05) is 19.6 Å². The number of hydrogen-bond donors (Lipinski definition) is 0. The highest BCUT2D eigenvalue weighted by Crippen LogP contribution is 2.26. The van der Waals surface area contributed by atoms with Crippen molar-refractivity contribution in [3.8, 4) is 0 Å². The predicted octanol–water partition coefficient (Wildman–Crippen LogP) is 2.48. The second-order valence-electron chi connectivity index (χ2n) is 4.60. The van der Waals surface area contributed by atoms with Crippen molar-refractivity contribution < 1.29 is 4.79 Å². The molecule has 3 nitrogen and oxygen atoms in total. The summed E-state index contributed by atoms with van der Waals surface area (Å²) in [5.41, 5.74) is 0. The molecule has 0 saturated carbocycles. The molecule has 17 heavy (non-hydrogen) atoms. The van der Waals surface area contributed by atoms with Crippen molar-refractivity contribution >= 4 is 22.6 Å². The van der Waals surface area contributed by atoms with Crippen LogP contribution in [0.2, 0.25) is 0 Å². The van der Waals surface area contributed by atoms with Crippen molar-refractivity contribution in [1.82, 2.24) is 4.90 Å². The highest BCUT2D eigenvalue weighted by Gasteiger charge is 2.24. The SMILES string of the molecule is CCN1CCCC1CN(C)c1ccc(C=O)s1. The second-order valence-corrected chi connectivity index (χ2v) is 5.69. The van der Waals surface area contributed by atoms with E-state index in [1.165, 1.54) is 24.4 Å². The normalized spacial score (nSPS) is 20.7. The van der Waals surface area contributed by atoms with Gasteiger partial charge in [0.25, 0.3) is 0 Å². The van der Waals surface area contributed by atoms with E-state index in [4.69, 9.17) is 0 Å². The first kappa shape index (κ1) is 12.6. The fourth-order valence-electron chi connectivity index (χ4n) is 2.54. The molecule has 1 atom stereocenters. The number of aldehydes is 1. The summed E-state index contributed by atoms with van der Waals surface area (Å²) < 4.78 is 0. The van der Waals surface area contributed by atoms with Gasteiger partial charge >= 0.3 is 0 Å². The molecule has 1 aromatic heterocycles. The van der Waals surface area contributed by atoms with Crippen molar-refractivity contribution in [2.75, 3.05) is 31.6 Å². The molecular weight excluding hydrogens is 232 g/mol. The molecule has 0 aliphatic carbocycles. The molecule has 2 heterocycles. The molecular formula is C13H20N2OS. The van der Waals surface area contributed by atoms with E-state index >= 15 is 0 Å². The molecule has 0 radical (unpaired) electrons. The van der Waals surface area contributed by atoms with Gasteiger partial charge in [-0.15, -0.1) is 11.3 Å². The van der Waals surface area contributed by atoms with E-state index in [0.717, 1.165) is 24.3 Å². The summed E-state index contributed by atoms with van der Waals surface area (Å²) in [4.78, 5) is 16.3. The van der Waals surface area contributed by atoms with E-state index in [9.17, 15) is 4.79 Å². The molecule has 1 aliphatic heterocycles. The third-order valence-electron chi connectivity index (χ3n) is 3.49. The molecule has 1 saturated heterocycles. The largest absolute Gasteiger partial charge is 0.365 e. The third-order valence-corrected chi connectivity index (χ3v) is 4.62. The molecule has 0 bridgehead atoms. The Labute approximate surface area is 107 Å². The Kier molecular flexibility index (Phi) is 4.18. The average molecular weight is 252 g/mol. The zero-order chi connectivity index (χ0) is 12.3. The molecule has 4 heteroatoms. The first-order chi connectivity index (χ1) is 8.24. The lowest BCUT2D eigenvalue weighted by molar-refractivity contribution is 0.112. The number of likely N-dealkylation sites (N-methyl/N-ethyl adjacent to an activating group) is 2. The Balaban J connectivity index is 1.96. The number of thiophene rings is 1. The van der Waals surface area contributed by atoms with E-state index in [0.29, 0.717) is 6.04 Å². The van der Waals surface area contributed by atoms with Crippen LogP contribution < -0.4 is 4.90 Å². The van der Waals surface area contributed by atoms with Crippen molar-refractivity contribution in [2.45, 2.75) is 25.8 Å². The Morgan fingerprint density at radius 2 is 2.41 bits per heavy atom. The van der Waals surface area contributed by atoms with E-state index in [1.807, 2.05) is 12.1 Å². The van der Waals surface area contributed by atoms with Gasteiger partial charge in [-0.2, -0.15) is 0 Å². The zero-order valence-corrected chi connectivity index (χ0v) is 11.4. The Morgan fingerprint density at radius 1 is 1.59 bits per heavy atom.